The first-order chi connectivity index (χ1) is 11.2. The Labute approximate surface area is 140 Å². The number of rotatable bonds is 8. The minimum atomic E-state index is 0.228. The number of nitrogens with two attached hydrogens (primary N) is 1. The molecule has 4 heteroatoms. The number of hydrogen-bond acceptors (Lipinski definition) is 3. The van der Waals surface area contributed by atoms with Gasteiger partial charge in [0.2, 0.25) is 5.91 Å². The Morgan fingerprint density at radius 3 is 2.43 bits per heavy atom. The fraction of sp³-hybridized carbons (Fsp3) is 0.632. The van der Waals surface area contributed by atoms with Gasteiger partial charge in [0.05, 0.1) is 0 Å². The van der Waals surface area contributed by atoms with Crippen molar-refractivity contribution in [2.75, 3.05) is 19.6 Å². The Kier molecular flexibility index (Phi) is 7.40. The molecule has 1 fully saturated rings. The summed E-state index contributed by atoms with van der Waals surface area (Å²) in [5.74, 6) is 1.23. The second-order valence-corrected chi connectivity index (χ2v) is 6.46. The Balaban J connectivity index is 1.65. The molecule has 2 N–H and O–H groups in total. The van der Waals surface area contributed by atoms with Crippen molar-refractivity contribution in [1.82, 2.24) is 4.90 Å². The van der Waals surface area contributed by atoms with Crippen LogP contribution in [0.25, 0.3) is 0 Å². The van der Waals surface area contributed by atoms with E-state index in [2.05, 4.69) is 19.1 Å². The molecular formula is C19H30N2O2. The van der Waals surface area contributed by atoms with E-state index in [0.717, 1.165) is 63.9 Å². The number of likely N-dealkylation sites (tertiary alicyclic amines) is 1. The zero-order valence-corrected chi connectivity index (χ0v) is 14.3. The molecule has 0 aromatic heterocycles. The smallest absolute Gasteiger partial charge is 0.222 e. The van der Waals surface area contributed by atoms with E-state index in [1.165, 1.54) is 5.56 Å². The molecule has 0 unspecified atom stereocenters. The van der Waals surface area contributed by atoms with Crippen LogP contribution in [-0.4, -0.2) is 36.5 Å². The molecular weight excluding hydrogens is 288 g/mol. The number of unbranched alkanes of at least 4 members (excludes halogenated alkanes) is 3. The van der Waals surface area contributed by atoms with Crippen LogP contribution in [-0.2, 0) is 4.79 Å². The number of amides is 1. The zero-order valence-electron chi connectivity index (χ0n) is 14.3. The van der Waals surface area contributed by atoms with Gasteiger partial charge in [-0.1, -0.05) is 30.5 Å². The SMILES string of the molecule is Cc1ccc(OC2CCN(C(=O)CCCCCCN)CC2)cc1. The van der Waals surface area contributed by atoms with Crippen molar-refractivity contribution in [2.24, 2.45) is 5.73 Å². The number of aryl methyl sites for hydroxylation is 1. The molecule has 1 aliphatic rings. The second-order valence-electron chi connectivity index (χ2n) is 6.46. The van der Waals surface area contributed by atoms with Crippen LogP contribution in [0.2, 0.25) is 0 Å². The highest BCUT2D eigenvalue weighted by atomic mass is 16.5. The van der Waals surface area contributed by atoms with Crippen LogP contribution in [0.4, 0.5) is 0 Å². The fourth-order valence-corrected chi connectivity index (χ4v) is 2.96. The van der Waals surface area contributed by atoms with Gasteiger partial charge < -0.3 is 15.4 Å². The number of nitrogens with zero attached hydrogens (tertiary/aromatic N) is 1. The average Bonchev–Trinajstić information content (AvgIpc) is 2.57. The highest BCUT2D eigenvalue weighted by Crippen LogP contribution is 2.20. The van der Waals surface area contributed by atoms with Gasteiger partial charge in [-0.3, -0.25) is 4.79 Å². The highest BCUT2D eigenvalue weighted by Gasteiger charge is 2.23. The molecule has 23 heavy (non-hydrogen) atoms. The van der Waals surface area contributed by atoms with Crippen molar-refractivity contribution in [2.45, 2.75) is 58.0 Å². The highest BCUT2D eigenvalue weighted by molar-refractivity contribution is 5.76. The second kappa shape index (κ2) is 9.56. The summed E-state index contributed by atoms with van der Waals surface area (Å²) in [5.41, 5.74) is 6.72. The molecule has 1 saturated heterocycles. The fourth-order valence-electron chi connectivity index (χ4n) is 2.96. The molecule has 0 saturated carbocycles. The Morgan fingerprint density at radius 2 is 1.78 bits per heavy atom. The van der Waals surface area contributed by atoms with Gasteiger partial charge in [-0.25, -0.2) is 0 Å². The quantitative estimate of drug-likeness (QED) is 0.748. The summed E-state index contributed by atoms with van der Waals surface area (Å²) in [6, 6.07) is 8.18. The molecule has 2 rings (SSSR count). The molecule has 0 radical (unpaired) electrons. The molecule has 1 aliphatic heterocycles. The number of hydrogen-bond donors (Lipinski definition) is 1. The van der Waals surface area contributed by atoms with Crippen molar-refractivity contribution in [3.05, 3.63) is 29.8 Å². The van der Waals surface area contributed by atoms with Gasteiger partial charge in [-0.2, -0.15) is 0 Å². The first-order valence-electron chi connectivity index (χ1n) is 8.90. The third-order valence-corrected chi connectivity index (χ3v) is 4.46. The monoisotopic (exact) mass is 318 g/mol. The molecule has 0 atom stereocenters. The minimum absolute atomic E-state index is 0.228. The number of carbonyl (C=O) groups excluding carboxylic acids is 1. The van der Waals surface area contributed by atoms with E-state index < -0.39 is 0 Å². The topological polar surface area (TPSA) is 55.6 Å². The summed E-state index contributed by atoms with van der Waals surface area (Å²) in [6.45, 7) is 4.46. The molecule has 1 aromatic rings. The summed E-state index contributed by atoms with van der Waals surface area (Å²) < 4.78 is 6.01. The van der Waals surface area contributed by atoms with Crippen molar-refractivity contribution in [3.8, 4) is 5.75 Å². The van der Waals surface area contributed by atoms with Gasteiger partial charge in [0.15, 0.2) is 0 Å². The predicted molar refractivity (Wildman–Crippen MR) is 93.5 cm³/mol. The van der Waals surface area contributed by atoms with Gasteiger partial charge >= 0.3 is 0 Å². The van der Waals surface area contributed by atoms with Gasteiger partial charge in [-0.05, 0) is 38.4 Å². The lowest BCUT2D eigenvalue weighted by molar-refractivity contribution is -0.133. The summed E-state index contributed by atoms with van der Waals surface area (Å²) in [6.07, 6.45) is 7.04. The van der Waals surface area contributed by atoms with E-state index in [1.54, 1.807) is 0 Å². The van der Waals surface area contributed by atoms with Crippen LogP contribution in [0.15, 0.2) is 24.3 Å². The van der Waals surface area contributed by atoms with Crippen molar-refractivity contribution >= 4 is 5.91 Å². The van der Waals surface area contributed by atoms with E-state index in [9.17, 15) is 4.79 Å². The number of piperidine rings is 1. The lowest BCUT2D eigenvalue weighted by Gasteiger charge is -2.32. The third-order valence-electron chi connectivity index (χ3n) is 4.46. The van der Waals surface area contributed by atoms with Crippen LogP contribution < -0.4 is 10.5 Å². The molecule has 0 spiro atoms. The number of ether oxygens (including phenoxy) is 1. The first kappa shape index (κ1) is 17.8. The first-order valence-corrected chi connectivity index (χ1v) is 8.90. The largest absolute Gasteiger partial charge is 0.490 e. The molecule has 1 heterocycles. The number of carbonyl (C=O) groups is 1. The summed E-state index contributed by atoms with van der Waals surface area (Å²) in [7, 11) is 0. The van der Waals surface area contributed by atoms with Crippen LogP contribution in [0.3, 0.4) is 0 Å². The van der Waals surface area contributed by atoms with E-state index >= 15 is 0 Å². The number of benzene rings is 1. The zero-order chi connectivity index (χ0) is 16.5. The van der Waals surface area contributed by atoms with Gasteiger partial charge in [0.1, 0.15) is 11.9 Å². The maximum absolute atomic E-state index is 12.2. The van der Waals surface area contributed by atoms with E-state index in [1.807, 2.05) is 17.0 Å². The van der Waals surface area contributed by atoms with Crippen LogP contribution in [0.1, 0.15) is 50.5 Å². The van der Waals surface area contributed by atoms with Crippen LogP contribution in [0.5, 0.6) is 5.75 Å². The molecule has 1 aromatic carbocycles. The molecule has 1 amide bonds. The summed E-state index contributed by atoms with van der Waals surface area (Å²) >= 11 is 0. The molecule has 4 nitrogen and oxygen atoms in total. The minimum Gasteiger partial charge on any atom is -0.490 e. The van der Waals surface area contributed by atoms with Crippen LogP contribution in [0, 0.1) is 6.92 Å². The Morgan fingerprint density at radius 1 is 1.13 bits per heavy atom. The van der Waals surface area contributed by atoms with Crippen molar-refractivity contribution < 1.29 is 9.53 Å². The Hall–Kier alpha value is -1.55. The van der Waals surface area contributed by atoms with Crippen LogP contribution >= 0.6 is 0 Å². The van der Waals surface area contributed by atoms with E-state index in [4.69, 9.17) is 10.5 Å². The molecule has 128 valence electrons. The van der Waals surface area contributed by atoms with Crippen molar-refractivity contribution in [3.63, 3.8) is 0 Å². The molecule has 0 bridgehead atoms. The summed E-state index contributed by atoms with van der Waals surface area (Å²) in [4.78, 5) is 14.2. The Bertz CT molecular complexity index is 465. The molecule has 0 aliphatic carbocycles. The van der Waals surface area contributed by atoms with Crippen molar-refractivity contribution in [1.29, 1.82) is 0 Å². The summed E-state index contributed by atoms with van der Waals surface area (Å²) in [5, 5.41) is 0. The van der Waals surface area contributed by atoms with E-state index in [0.29, 0.717) is 12.3 Å². The predicted octanol–water partition coefficient (Wildman–Crippen LogP) is 3.27. The normalized spacial score (nSPS) is 15.7. The standard InChI is InChI=1S/C19H30N2O2/c1-16-7-9-17(10-8-16)23-18-11-14-21(15-12-18)19(22)6-4-2-3-5-13-20/h7-10,18H,2-6,11-15,20H2,1H3. The van der Waals surface area contributed by atoms with Gasteiger partial charge in [0.25, 0.3) is 0 Å². The van der Waals surface area contributed by atoms with Gasteiger partial charge in [0, 0.05) is 32.4 Å². The maximum Gasteiger partial charge on any atom is 0.222 e. The maximum atomic E-state index is 12.2. The van der Waals surface area contributed by atoms with Gasteiger partial charge in [-0.15, -0.1) is 0 Å². The average molecular weight is 318 g/mol. The van der Waals surface area contributed by atoms with E-state index in [-0.39, 0.29) is 6.10 Å². The lowest BCUT2D eigenvalue weighted by atomic mass is 10.1. The third kappa shape index (κ3) is 6.22. The lowest BCUT2D eigenvalue weighted by Crippen LogP contribution is -2.41.